The molecule has 0 aliphatic carbocycles. The molecule has 0 aliphatic rings. The number of aliphatic hydroxyl groups is 2. The summed E-state index contributed by atoms with van der Waals surface area (Å²) in [5.41, 5.74) is 6.60. The van der Waals surface area contributed by atoms with Crippen LogP contribution in [-0.2, 0) is 12.8 Å². The Morgan fingerprint density at radius 3 is 2.26 bits per heavy atom. The maximum Gasteiger partial charge on any atom is 0.0481 e. The second-order valence-corrected chi connectivity index (χ2v) is 6.33. The number of benzene rings is 2. The quantitative estimate of drug-likeness (QED) is 0.769. The number of rotatable bonds is 8. The number of aliphatic hydroxyl groups excluding tert-OH is 2. The van der Waals surface area contributed by atoms with E-state index < -0.39 is 0 Å². The second kappa shape index (κ2) is 8.85. The second-order valence-electron chi connectivity index (χ2n) is 6.33. The molecule has 0 aromatic heterocycles. The Balaban J connectivity index is 2.08. The lowest BCUT2D eigenvalue weighted by Crippen LogP contribution is -2.11. The molecule has 0 atom stereocenters. The van der Waals surface area contributed by atoms with Crippen LogP contribution in [0, 0.1) is 12.8 Å². The first-order valence-corrected chi connectivity index (χ1v) is 8.58. The summed E-state index contributed by atoms with van der Waals surface area (Å²) in [7, 11) is 0. The van der Waals surface area contributed by atoms with Crippen molar-refractivity contribution in [2.75, 3.05) is 13.2 Å². The van der Waals surface area contributed by atoms with Crippen LogP contribution in [-0.4, -0.2) is 23.4 Å². The molecule has 2 aromatic carbocycles. The molecule has 2 nitrogen and oxygen atoms in total. The van der Waals surface area contributed by atoms with Gasteiger partial charge in [0.25, 0.3) is 0 Å². The molecule has 0 saturated carbocycles. The average Bonchev–Trinajstić information content (AvgIpc) is 2.59. The van der Waals surface area contributed by atoms with Gasteiger partial charge in [-0.05, 0) is 54.9 Å². The van der Waals surface area contributed by atoms with Gasteiger partial charge < -0.3 is 10.2 Å². The lowest BCUT2D eigenvalue weighted by Gasteiger charge is -2.13. The Bertz CT molecular complexity index is 598. The molecule has 0 bridgehead atoms. The van der Waals surface area contributed by atoms with E-state index in [0.29, 0.717) is 0 Å². The summed E-state index contributed by atoms with van der Waals surface area (Å²) < 4.78 is 0. The van der Waals surface area contributed by atoms with Crippen LogP contribution in [0.5, 0.6) is 0 Å². The van der Waals surface area contributed by atoms with Crippen molar-refractivity contribution in [1.29, 1.82) is 0 Å². The summed E-state index contributed by atoms with van der Waals surface area (Å²) in [4.78, 5) is 0. The highest BCUT2D eigenvalue weighted by Gasteiger charge is 2.08. The van der Waals surface area contributed by atoms with Crippen LogP contribution in [0.2, 0.25) is 0 Å². The highest BCUT2D eigenvalue weighted by Crippen LogP contribution is 2.26. The molecule has 0 amide bonds. The average molecular weight is 312 g/mol. The normalized spacial score (nSPS) is 11.2. The monoisotopic (exact) mass is 312 g/mol. The molecular weight excluding hydrogens is 284 g/mol. The topological polar surface area (TPSA) is 40.5 Å². The summed E-state index contributed by atoms with van der Waals surface area (Å²) in [6, 6.07) is 15.4. The van der Waals surface area contributed by atoms with E-state index in [1.807, 2.05) is 0 Å². The highest BCUT2D eigenvalue weighted by molar-refractivity contribution is 5.68. The fourth-order valence-corrected chi connectivity index (χ4v) is 2.94. The summed E-state index contributed by atoms with van der Waals surface area (Å²) in [6.45, 7) is 4.45. The molecule has 2 rings (SSSR count). The zero-order valence-corrected chi connectivity index (χ0v) is 14.3. The molecular formula is C21H28O2. The zero-order valence-electron chi connectivity index (χ0n) is 14.3. The van der Waals surface area contributed by atoms with Crippen LogP contribution >= 0.6 is 0 Å². The summed E-state index contributed by atoms with van der Waals surface area (Å²) in [5, 5.41) is 18.3. The molecule has 2 aromatic rings. The van der Waals surface area contributed by atoms with Crippen molar-refractivity contribution in [2.45, 2.75) is 39.5 Å². The van der Waals surface area contributed by atoms with Crippen LogP contribution in [0.1, 0.15) is 36.5 Å². The number of aryl methyl sites for hydroxylation is 3. The van der Waals surface area contributed by atoms with E-state index >= 15 is 0 Å². The van der Waals surface area contributed by atoms with Gasteiger partial charge in [-0.2, -0.15) is 0 Å². The third-order valence-corrected chi connectivity index (χ3v) is 4.51. The van der Waals surface area contributed by atoms with E-state index in [-0.39, 0.29) is 19.1 Å². The van der Waals surface area contributed by atoms with E-state index in [1.54, 1.807) is 0 Å². The predicted octanol–water partition coefficient (Wildman–Crippen LogP) is 4.15. The van der Waals surface area contributed by atoms with Crippen molar-refractivity contribution in [3.8, 4) is 11.1 Å². The minimum Gasteiger partial charge on any atom is -0.396 e. The van der Waals surface area contributed by atoms with Crippen LogP contribution in [0.15, 0.2) is 42.5 Å². The van der Waals surface area contributed by atoms with Gasteiger partial charge >= 0.3 is 0 Å². The first kappa shape index (κ1) is 17.7. The molecule has 0 aliphatic heterocycles. The van der Waals surface area contributed by atoms with E-state index in [2.05, 4.69) is 56.3 Å². The molecule has 2 heteroatoms. The molecule has 0 spiro atoms. The fourth-order valence-electron chi connectivity index (χ4n) is 2.94. The van der Waals surface area contributed by atoms with E-state index in [1.165, 1.54) is 27.8 Å². The van der Waals surface area contributed by atoms with Crippen LogP contribution in [0.25, 0.3) is 11.1 Å². The van der Waals surface area contributed by atoms with Crippen molar-refractivity contribution in [2.24, 2.45) is 5.92 Å². The Morgan fingerprint density at radius 2 is 1.65 bits per heavy atom. The van der Waals surface area contributed by atoms with Gasteiger partial charge in [-0.25, -0.2) is 0 Å². The van der Waals surface area contributed by atoms with Crippen LogP contribution in [0.3, 0.4) is 0 Å². The number of hydrogen-bond acceptors (Lipinski definition) is 2. The predicted molar refractivity (Wildman–Crippen MR) is 96.6 cm³/mol. The van der Waals surface area contributed by atoms with Crippen LogP contribution < -0.4 is 0 Å². The van der Waals surface area contributed by atoms with Gasteiger partial charge in [0, 0.05) is 19.1 Å². The van der Waals surface area contributed by atoms with Crippen LogP contribution in [0.4, 0.5) is 0 Å². The molecule has 0 heterocycles. The summed E-state index contributed by atoms with van der Waals surface area (Å²) in [5.74, 6) is 0.0208. The fraction of sp³-hybridized carbons (Fsp3) is 0.429. The highest BCUT2D eigenvalue weighted by atomic mass is 16.3. The van der Waals surface area contributed by atoms with Gasteiger partial charge in [-0.15, -0.1) is 0 Å². The molecule has 23 heavy (non-hydrogen) atoms. The molecule has 124 valence electrons. The van der Waals surface area contributed by atoms with Crippen molar-refractivity contribution in [3.05, 3.63) is 59.2 Å². The Labute approximate surface area is 139 Å². The molecule has 2 N–H and O–H groups in total. The van der Waals surface area contributed by atoms with Gasteiger partial charge in [0.15, 0.2) is 0 Å². The van der Waals surface area contributed by atoms with Gasteiger partial charge in [0.2, 0.25) is 0 Å². The largest absolute Gasteiger partial charge is 0.396 e. The van der Waals surface area contributed by atoms with Crippen molar-refractivity contribution in [3.63, 3.8) is 0 Å². The van der Waals surface area contributed by atoms with Gasteiger partial charge in [0.1, 0.15) is 0 Å². The molecule has 0 saturated heterocycles. The third kappa shape index (κ3) is 4.92. The minimum absolute atomic E-state index is 0.0208. The van der Waals surface area contributed by atoms with E-state index in [0.717, 1.165) is 25.7 Å². The first-order chi connectivity index (χ1) is 11.2. The van der Waals surface area contributed by atoms with Crippen molar-refractivity contribution < 1.29 is 10.2 Å². The SMILES string of the molecule is CCc1cc(CCCC(CO)CO)ccc1-c1ccc(C)cc1. The summed E-state index contributed by atoms with van der Waals surface area (Å²) in [6.07, 6.45) is 3.89. The van der Waals surface area contributed by atoms with E-state index in [4.69, 9.17) is 10.2 Å². The maximum atomic E-state index is 9.13. The Kier molecular flexibility index (Phi) is 6.82. The number of hydrogen-bond donors (Lipinski definition) is 2. The summed E-state index contributed by atoms with van der Waals surface area (Å²) >= 11 is 0. The lowest BCUT2D eigenvalue weighted by atomic mass is 9.93. The van der Waals surface area contributed by atoms with Gasteiger partial charge in [0.05, 0.1) is 0 Å². The van der Waals surface area contributed by atoms with Gasteiger partial charge in [-0.1, -0.05) is 55.0 Å². The molecule has 0 radical (unpaired) electrons. The molecule has 0 fully saturated rings. The smallest absolute Gasteiger partial charge is 0.0481 e. The maximum absolute atomic E-state index is 9.13. The van der Waals surface area contributed by atoms with Gasteiger partial charge in [-0.3, -0.25) is 0 Å². The lowest BCUT2D eigenvalue weighted by molar-refractivity contribution is 0.142. The first-order valence-electron chi connectivity index (χ1n) is 8.58. The minimum atomic E-state index is 0.0208. The third-order valence-electron chi connectivity index (χ3n) is 4.51. The Morgan fingerprint density at radius 1 is 0.957 bits per heavy atom. The standard InChI is InChI=1S/C21H28O2/c1-3-19-13-17(5-4-6-18(14-22)15-23)9-12-21(19)20-10-7-16(2)8-11-20/h7-13,18,22-23H,3-6,14-15H2,1-2H3. The van der Waals surface area contributed by atoms with E-state index in [9.17, 15) is 0 Å². The Hall–Kier alpha value is -1.64. The van der Waals surface area contributed by atoms with Crippen molar-refractivity contribution in [1.82, 2.24) is 0 Å². The zero-order chi connectivity index (χ0) is 16.7. The van der Waals surface area contributed by atoms with Crippen molar-refractivity contribution >= 4 is 0 Å². The molecule has 0 unspecified atom stereocenters.